The Balaban J connectivity index is 1.52. The average Bonchev–Trinajstić information content (AvgIpc) is 3.40. The molecule has 0 amide bonds. The molecule has 0 radical (unpaired) electrons. The van der Waals surface area contributed by atoms with Gasteiger partial charge in [0.2, 0.25) is 0 Å². The van der Waals surface area contributed by atoms with Crippen molar-refractivity contribution < 1.29 is 19.4 Å². The summed E-state index contributed by atoms with van der Waals surface area (Å²) in [5.41, 5.74) is 4.72. The van der Waals surface area contributed by atoms with Crippen molar-refractivity contribution in [2.45, 2.75) is 39.8 Å². The molecule has 1 unspecified atom stereocenters. The number of aryl methyl sites for hydroxylation is 1. The first-order valence-electron chi connectivity index (χ1n) is 12.3. The Kier molecular flexibility index (Phi) is 7.09. The predicted octanol–water partition coefficient (Wildman–Crippen LogP) is 4.84. The molecule has 3 heterocycles. The second-order valence-corrected chi connectivity index (χ2v) is 10.4. The molecule has 2 atom stereocenters. The molecule has 5 rings (SSSR count). The normalized spacial score (nSPS) is 15.3. The van der Waals surface area contributed by atoms with Gasteiger partial charge in [-0.2, -0.15) is 0 Å². The van der Waals surface area contributed by atoms with E-state index in [2.05, 4.69) is 15.5 Å². The molecule has 1 aliphatic heterocycles. The topological polar surface area (TPSA) is 113 Å². The van der Waals surface area contributed by atoms with Crippen molar-refractivity contribution in [3.05, 3.63) is 93.1 Å². The van der Waals surface area contributed by atoms with Crippen molar-refractivity contribution in [3.8, 4) is 5.00 Å². The molecule has 4 aromatic rings. The second-order valence-electron chi connectivity index (χ2n) is 9.32. The van der Waals surface area contributed by atoms with E-state index in [0.717, 1.165) is 32.3 Å². The summed E-state index contributed by atoms with van der Waals surface area (Å²) in [6, 6.07) is 13.7. The van der Waals surface area contributed by atoms with Gasteiger partial charge < -0.3 is 15.5 Å². The van der Waals surface area contributed by atoms with Crippen molar-refractivity contribution in [3.63, 3.8) is 0 Å². The molecule has 10 heteroatoms. The molecule has 2 aromatic carbocycles. The van der Waals surface area contributed by atoms with Gasteiger partial charge in [0, 0.05) is 28.2 Å². The van der Waals surface area contributed by atoms with Crippen LogP contribution in [0.5, 0.6) is 0 Å². The summed E-state index contributed by atoms with van der Waals surface area (Å²) in [5, 5.41) is 32.6. The zero-order chi connectivity index (χ0) is 27.0. The second kappa shape index (κ2) is 10.5. The van der Waals surface area contributed by atoms with Crippen molar-refractivity contribution >= 4 is 28.7 Å². The van der Waals surface area contributed by atoms with Gasteiger partial charge >= 0.3 is 5.97 Å². The molecule has 196 valence electrons. The molecule has 0 spiro atoms. The third kappa shape index (κ3) is 4.61. The first-order valence-corrected chi connectivity index (χ1v) is 13.2. The number of rotatable bonds is 8. The number of carboxylic acids is 1. The Morgan fingerprint density at radius 2 is 1.89 bits per heavy atom. The highest BCUT2D eigenvalue weighted by molar-refractivity contribution is 7.15. The van der Waals surface area contributed by atoms with E-state index in [4.69, 9.17) is 4.99 Å². The summed E-state index contributed by atoms with van der Waals surface area (Å²) in [5.74, 6) is -0.932. The summed E-state index contributed by atoms with van der Waals surface area (Å²) in [6.07, 6.45) is 0.552. The molecule has 3 N–H and O–H groups in total. The Labute approximate surface area is 223 Å². The molecule has 2 aromatic heterocycles. The molecule has 0 saturated heterocycles. The Hall–Kier alpha value is -3.89. The zero-order valence-electron chi connectivity index (χ0n) is 21.3. The van der Waals surface area contributed by atoms with Gasteiger partial charge in [0.15, 0.2) is 5.82 Å². The third-order valence-corrected chi connectivity index (χ3v) is 8.16. The van der Waals surface area contributed by atoms with E-state index < -0.39 is 17.9 Å². The van der Waals surface area contributed by atoms with E-state index in [1.54, 1.807) is 19.1 Å². The van der Waals surface area contributed by atoms with E-state index in [0.29, 0.717) is 35.9 Å². The molecule has 0 aliphatic carbocycles. The fourth-order valence-electron chi connectivity index (χ4n) is 4.69. The monoisotopic (exact) mass is 533 g/mol. The van der Waals surface area contributed by atoms with Crippen LogP contribution in [0.25, 0.3) is 5.00 Å². The Morgan fingerprint density at radius 3 is 2.58 bits per heavy atom. The third-order valence-electron chi connectivity index (χ3n) is 6.90. The number of anilines is 1. The predicted molar refractivity (Wildman–Crippen MR) is 145 cm³/mol. The number of nitrogens with one attached hydrogen (secondary N) is 1. The lowest BCUT2D eigenvalue weighted by Crippen LogP contribution is -2.21. The van der Waals surface area contributed by atoms with E-state index in [1.807, 2.05) is 48.7 Å². The minimum atomic E-state index is -0.974. The number of aliphatic imine (C=N–C) groups is 1. The minimum absolute atomic E-state index is 0.118. The number of hydrogen-bond donors (Lipinski definition) is 3. The van der Waals surface area contributed by atoms with Crippen LogP contribution < -0.4 is 5.32 Å². The standard InChI is InChI=1S/C28H28FN5O3S/c1-15-22(14-35)38-27-23(15)25(31-24(16(2)28(36)37)26-33-32-17(3)34(26)27)19-8-10-20(11-9-19)30-13-12-18-6-4-5-7-21(18)29/h4-11,16,24,30,35H,12-14H2,1-3H3,(H,36,37)/t16?,24-/m0/s1. The molecule has 38 heavy (non-hydrogen) atoms. The van der Waals surface area contributed by atoms with Crippen LogP contribution in [0.3, 0.4) is 0 Å². The maximum atomic E-state index is 13.9. The van der Waals surface area contributed by atoms with E-state index in [-0.39, 0.29) is 12.4 Å². The number of benzene rings is 2. The lowest BCUT2D eigenvalue weighted by atomic mass is 9.98. The summed E-state index contributed by atoms with van der Waals surface area (Å²) < 4.78 is 15.8. The summed E-state index contributed by atoms with van der Waals surface area (Å²) in [4.78, 5) is 17.8. The SMILES string of the molecule is Cc1c(CO)sc2c1C(c1ccc(NCCc3ccccc3F)cc1)=N[C@@H](C(C)C(=O)O)c1nnc(C)n1-2. The molecule has 0 fully saturated rings. The number of hydrogen-bond acceptors (Lipinski definition) is 7. The number of fused-ring (bicyclic) bond motifs is 3. The largest absolute Gasteiger partial charge is 0.481 e. The molecule has 0 bridgehead atoms. The number of nitrogens with zero attached hydrogens (tertiary/aromatic N) is 4. The fraction of sp³-hybridized carbons (Fsp3) is 0.286. The summed E-state index contributed by atoms with van der Waals surface area (Å²) in [6.45, 7) is 5.84. The highest BCUT2D eigenvalue weighted by atomic mass is 32.1. The highest BCUT2D eigenvalue weighted by Gasteiger charge is 2.36. The van der Waals surface area contributed by atoms with Crippen LogP contribution in [-0.4, -0.2) is 43.2 Å². The lowest BCUT2D eigenvalue weighted by Gasteiger charge is -2.16. The van der Waals surface area contributed by atoms with Crippen molar-refractivity contribution in [2.75, 3.05) is 11.9 Å². The first kappa shape index (κ1) is 25.7. The first-order chi connectivity index (χ1) is 18.3. The number of thiophene rings is 1. The molecule has 0 saturated carbocycles. The van der Waals surface area contributed by atoms with Gasteiger partial charge in [-0.05, 0) is 56.5 Å². The van der Waals surface area contributed by atoms with Gasteiger partial charge in [0.25, 0.3) is 0 Å². The maximum Gasteiger partial charge on any atom is 0.308 e. The Bertz CT molecular complexity index is 1530. The lowest BCUT2D eigenvalue weighted by molar-refractivity contribution is -0.141. The number of aliphatic carboxylic acids is 1. The van der Waals surface area contributed by atoms with Gasteiger partial charge in [-0.25, -0.2) is 4.39 Å². The Morgan fingerprint density at radius 1 is 1.16 bits per heavy atom. The van der Waals surface area contributed by atoms with Crippen LogP contribution in [-0.2, 0) is 17.8 Å². The summed E-state index contributed by atoms with van der Waals surface area (Å²) in [7, 11) is 0. The quantitative estimate of drug-likeness (QED) is 0.299. The van der Waals surface area contributed by atoms with Crippen LogP contribution in [0, 0.1) is 25.6 Å². The number of aliphatic hydroxyl groups is 1. The molecule has 8 nitrogen and oxygen atoms in total. The van der Waals surface area contributed by atoms with E-state index >= 15 is 0 Å². The minimum Gasteiger partial charge on any atom is -0.481 e. The molecular formula is C28H28FN5O3S. The highest BCUT2D eigenvalue weighted by Crippen LogP contribution is 2.41. The number of carbonyl (C=O) groups is 1. The van der Waals surface area contributed by atoms with Crippen LogP contribution in [0.1, 0.15) is 51.7 Å². The fourth-order valence-corrected chi connectivity index (χ4v) is 5.91. The van der Waals surface area contributed by atoms with Gasteiger partial charge in [-0.1, -0.05) is 30.3 Å². The average molecular weight is 534 g/mol. The van der Waals surface area contributed by atoms with Crippen LogP contribution >= 0.6 is 11.3 Å². The van der Waals surface area contributed by atoms with Crippen LogP contribution in [0.2, 0.25) is 0 Å². The van der Waals surface area contributed by atoms with Gasteiger partial charge in [-0.3, -0.25) is 14.4 Å². The smallest absolute Gasteiger partial charge is 0.308 e. The van der Waals surface area contributed by atoms with Gasteiger partial charge in [-0.15, -0.1) is 21.5 Å². The van der Waals surface area contributed by atoms with Crippen molar-refractivity contribution in [2.24, 2.45) is 10.9 Å². The van der Waals surface area contributed by atoms with Crippen molar-refractivity contribution in [1.29, 1.82) is 0 Å². The van der Waals surface area contributed by atoms with E-state index in [1.165, 1.54) is 17.4 Å². The zero-order valence-corrected chi connectivity index (χ0v) is 22.1. The molecule has 1 aliphatic rings. The maximum absolute atomic E-state index is 13.9. The number of carboxylic acid groups (broad SMARTS) is 1. The number of halogens is 1. The van der Waals surface area contributed by atoms with Crippen LogP contribution in [0.15, 0.2) is 53.5 Å². The number of aromatic nitrogens is 3. The van der Waals surface area contributed by atoms with Crippen LogP contribution in [0.4, 0.5) is 10.1 Å². The summed E-state index contributed by atoms with van der Waals surface area (Å²) >= 11 is 1.43. The van der Waals surface area contributed by atoms with Crippen molar-refractivity contribution in [1.82, 2.24) is 14.8 Å². The van der Waals surface area contributed by atoms with Gasteiger partial charge in [0.05, 0.1) is 18.2 Å². The number of aliphatic hydroxyl groups excluding tert-OH is 1. The molecular weight excluding hydrogens is 505 g/mol. The van der Waals surface area contributed by atoms with E-state index in [9.17, 15) is 19.4 Å². The van der Waals surface area contributed by atoms with Gasteiger partial charge in [0.1, 0.15) is 22.7 Å².